The van der Waals surface area contributed by atoms with Crippen LogP contribution in [-0.2, 0) is 0 Å². The normalized spacial score (nSPS) is 43.5. The maximum absolute atomic E-state index is 11.7. The van der Waals surface area contributed by atoms with E-state index in [1.165, 1.54) is 29.3 Å². The zero-order valence-electron chi connectivity index (χ0n) is 20.0. The van der Waals surface area contributed by atoms with Gasteiger partial charge in [-0.05, 0) is 99.0 Å². The van der Waals surface area contributed by atoms with Gasteiger partial charge >= 0.3 is 0 Å². The van der Waals surface area contributed by atoms with Gasteiger partial charge in [-0.3, -0.25) is 0 Å². The first kappa shape index (κ1) is 21.5. The summed E-state index contributed by atoms with van der Waals surface area (Å²) in [5, 5.41) is 24.4. The van der Waals surface area contributed by atoms with Crippen LogP contribution in [0.1, 0.15) is 84.6 Å². The molecule has 1 spiro atoms. The lowest BCUT2D eigenvalue weighted by molar-refractivity contribution is -0.239. The van der Waals surface area contributed by atoms with Gasteiger partial charge in [-0.15, -0.1) is 0 Å². The second-order valence-corrected chi connectivity index (χ2v) is 12.1. The molecule has 0 aliphatic heterocycles. The van der Waals surface area contributed by atoms with Crippen LogP contribution in [0.25, 0.3) is 10.9 Å². The number of fused-ring (bicyclic) bond motifs is 1. The molecule has 2 aromatic rings. The molecule has 0 amide bonds. The predicted octanol–water partition coefficient (Wildman–Crippen LogP) is 6.26. The summed E-state index contributed by atoms with van der Waals surface area (Å²) in [4.78, 5) is 3.52. The number of nitrogens with one attached hydrogen (secondary N) is 1. The lowest BCUT2D eigenvalue weighted by atomic mass is 9.35. The number of hydrogen-bond donors (Lipinski definition) is 3. The Bertz CT molecular complexity index is 957. The van der Waals surface area contributed by atoms with E-state index in [0.717, 1.165) is 25.7 Å². The van der Waals surface area contributed by atoms with Gasteiger partial charge < -0.3 is 15.2 Å². The number of hydrogen-bond acceptors (Lipinski definition) is 2. The van der Waals surface area contributed by atoms with Crippen molar-refractivity contribution in [2.45, 2.75) is 90.8 Å². The number of H-pyrrole nitrogens is 1. The molecule has 3 nitrogen and oxygen atoms in total. The van der Waals surface area contributed by atoms with Crippen molar-refractivity contribution in [1.29, 1.82) is 0 Å². The lowest BCUT2D eigenvalue weighted by Gasteiger charge is -2.70. The molecule has 3 N–H and O–H groups in total. The predicted molar refractivity (Wildman–Crippen MR) is 127 cm³/mol. The van der Waals surface area contributed by atoms with Crippen LogP contribution in [0.5, 0.6) is 0 Å². The summed E-state index contributed by atoms with van der Waals surface area (Å²) in [5.74, 6) is 1.99. The smallest absolute Gasteiger partial charge is 0.0625 e. The van der Waals surface area contributed by atoms with Crippen LogP contribution >= 0.6 is 0 Å². The number of rotatable bonds is 2. The molecular weight excluding hydrogens is 382 g/mol. The van der Waals surface area contributed by atoms with Crippen LogP contribution in [0.4, 0.5) is 0 Å². The molecule has 0 radical (unpaired) electrons. The summed E-state index contributed by atoms with van der Waals surface area (Å²) < 4.78 is 0. The Morgan fingerprint density at radius 3 is 2.52 bits per heavy atom. The standard InChI is InChI=1S/C28H41NO2/c1-17-12-14-27(5)18(2)10-11-23(30)28(27)15-13-21(26(3,4)31)24(25(17)28)20-16-29-22-9-7-6-8-19(20)22/h6-9,16-18,21,23-25,29-31H,10-15H2,1-5H3/t17?,18?,21?,23?,24?,25-,27-,28-/m0/s1. The molecule has 1 heterocycles. The first-order chi connectivity index (χ1) is 14.6. The van der Waals surface area contributed by atoms with E-state index < -0.39 is 5.60 Å². The molecule has 3 aliphatic carbocycles. The fraction of sp³-hybridized carbons (Fsp3) is 0.714. The van der Waals surface area contributed by atoms with Crippen LogP contribution in [0.15, 0.2) is 30.5 Å². The van der Waals surface area contributed by atoms with Gasteiger partial charge in [0.1, 0.15) is 0 Å². The largest absolute Gasteiger partial charge is 0.393 e. The van der Waals surface area contributed by atoms with Gasteiger partial charge in [-0.2, -0.15) is 0 Å². The summed E-state index contributed by atoms with van der Waals surface area (Å²) in [7, 11) is 0. The van der Waals surface area contributed by atoms with E-state index in [4.69, 9.17) is 0 Å². The molecule has 3 fully saturated rings. The topological polar surface area (TPSA) is 56.2 Å². The summed E-state index contributed by atoms with van der Waals surface area (Å²) in [6, 6.07) is 8.60. The van der Waals surface area contributed by atoms with Crippen molar-refractivity contribution in [2.24, 2.45) is 34.5 Å². The fourth-order valence-electron chi connectivity index (χ4n) is 8.81. The highest BCUT2D eigenvalue weighted by Gasteiger charge is 2.68. The number of aromatic amines is 1. The number of para-hydroxylation sites is 1. The van der Waals surface area contributed by atoms with Crippen molar-refractivity contribution in [2.75, 3.05) is 0 Å². The van der Waals surface area contributed by atoms with Crippen molar-refractivity contribution in [3.8, 4) is 0 Å². The molecule has 0 saturated heterocycles. The summed E-state index contributed by atoms with van der Waals surface area (Å²) in [6.07, 6.45) is 8.49. The minimum Gasteiger partial charge on any atom is -0.393 e. The van der Waals surface area contributed by atoms with Crippen molar-refractivity contribution in [3.63, 3.8) is 0 Å². The third-order valence-corrected chi connectivity index (χ3v) is 10.5. The molecule has 3 heteroatoms. The first-order valence-corrected chi connectivity index (χ1v) is 12.6. The number of aromatic nitrogens is 1. The Morgan fingerprint density at radius 2 is 1.77 bits per heavy atom. The highest BCUT2D eigenvalue weighted by molar-refractivity contribution is 5.83. The highest BCUT2D eigenvalue weighted by Crippen LogP contribution is 2.72. The van der Waals surface area contributed by atoms with Gasteiger partial charge in [0.25, 0.3) is 0 Å². The van der Waals surface area contributed by atoms with E-state index in [2.05, 4.69) is 56.2 Å². The molecule has 31 heavy (non-hydrogen) atoms. The van der Waals surface area contributed by atoms with Crippen molar-refractivity contribution >= 4 is 10.9 Å². The lowest BCUT2D eigenvalue weighted by Crippen LogP contribution is -2.66. The molecule has 5 rings (SSSR count). The van der Waals surface area contributed by atoms with Crippen LogP contribution in [0.3, 0.4) is 0 Å². The number of benzene rings is 1. The third-order valence-electron chi connectivity index (χ3n) is 10.5. The monoisotopic (exact) mass is 423 g/mol. The van der Waals surface area contributed by atoms with Gasteiger partial charge in [-0.1, -0.05) is 39.0 Å². The summed E-state index contributed by atoms with van der Waals surface area (Å²) in [6.45, 7) is 11.4. The van der Waals surface area contributed by atoms with Crippen LogP contribution in [0.2, 0.25) is 0 Å². The van der Waals surface area contributed by atoms with Gasteiger partial charge in [0.2, 0.25) is 0 Å². The van der Waals surface area contributed by atoms with E-state index in [0.29, 0.717) is 17.8 Å². The van der Waals surface area contributed by atoms with Crippen molar-refractivity contribution in [3.05, 3.63) is 36.0 Å². The van der Waals surface area contributed by atoms with Crippen LogP contribution < -0.4 is 0 Å². The molecule has 5 unspecified atom stereocenters. The van der Waals surface area contributed by atoms with Gasteiger partial charge in [0.05, 0.1) is 11.7 Å². The average molecular weight is 424 g/mol. The Kier molecular flexibility index (Phi) is 4.92. The molecule has 170 valence electrons. The third kappa shape index (κ3) is 2.85. The zero-order chi connectivity index (χ0) is 22.2. The molecule has 3 saturated carbocycles. The Morgan fingerprint density at radius 1 is 1.03 bits per heavy atom. The Hall–Kier alpha value is -1.32. The molecule has 1 aromatic carbocycles. The van der Waals surface area contributed by atoms with Gasteiger partial charge in [0.15, 0.2) is 0 Å². The highest BCUT2D eigenvalue weighted by atomic mass is 16.3. The number of aliphatic hydroxyl groups is 2. The minimum atomic E-state index is -0.747. The van der Waals surface area contributed by atoms with E-state index in [9.17, 15) is 10.2 Å². The Labute approximate surface area is 187 Å². The average Bonchev–Trinajstić information content (AvgIpc) is 3.15. The van der Waals surface area contributed by atoms with Crippen LogP contribution in [-0.4, -0.2) is 26.9 Å². The van der Waals surface area contributed by atoms with Crippen molar-refractivity contribution in [1.82, 2.24) is 4.98 Å². The second kappa shape index (κ2) is 7.09. The minimum absolute atomic E-state index is 0.0624. The van der Waals surface area contributed by atoms with Gasteiger partial charge in [-0.25, -0.2) is 0 Å². The quantitative estimate of drug-likeness (QED) is 0.534. The maximum Gasteiger partial charge on any atom is 0.0625 e. The fourth-order valence-corrected chi connectivity index (χ4v) is 8.81. The van der Waals surface area contributed by atoms with E-state index in [1.807, 2.05) is 13.8 Å². The van der Waals surface area contributed by atoms with Gasteiger partial charge in [0, 0.05) is 22.5 Å². The van der Waals surface area contributed by atoms with E-state index in [1.54, 1.807) is 0 Å². The molecule has 8 atom stereocenters. The summed E-state index contributed by atoms with van der Waals surface area (Å²) >= 11 is 0. The maximum atomic E-state index is 11.7. The second-order valence-electron chi connectivity index (χ2n) is 12.1. The van der Waals surface area contributed by atoms with Crippen LogP contribution in [0, 0.1) is 34.5 Å². The van der Waals surface area contributed by atoms with E-state index >= 15 is 0 Å². The molecule has 3 aliphatic rings. The van der Waals surface area contributed by atoms with Crippen molar-refractivity contribution < 1.29 is 10.2 Å². The van der Waals surface area contributed by atoms with E-state index in [-0.39, 0.29) is 28.8 Å². The molecular formula is C28H41NO2. The SMILES string of the molecule is CC1CC[C@@]2(C)C(C)CCC(O)[C@]23CCC(C(C)(C)O)C(c2c[nH]c4ccccc24)[C@H]13. The summed E-state index contributed by atoms with van der Waals surface area (Å²) in [5.41, 5.74) is 1.89. The Balaban J connectivity index is 1.75. The zero-order valence-corrected chi connectivity index (χ0v) is 20.0. The molecule has 1 aromatic heterocycles. The molecule has 0 bridgehead atoms. The first-order valence-electron chi connectivity index (χ1n) is 12.6. The number of aliphatic hydroxyl groups excluding tert-OH is 1.